The van der Waals surface area contributed by atoms with Gasteiger partial charge in [-0.25, -0.2) is 4.79 Å². The molecular formula is C15H17ClF3NO2. The Kier molecular flexibility index (Phi) is 4.90. The van der Waals surface area contributed by atoms with Crippen molar-refractivity contribution in [3.05, 3.63) is 29.3 Å². The number of anilines is 1. The number of halogens is 4. The number of nitrogens with zero attached hydrogens (tertiary/aromatic N) is 1. The zero-order valence-electron chi connectivity index (χ0n) is 12.3. The Hall–Kier alpha value is -1.43. The smallest absolute Gasteiger partial charge is 0.416 e. The van der Waals surface area contributed by atoms with E-state index < -0.39 is 23.2 Å². The maximum atomic E-state index is 12.9. The molecule has 1 amide bonds. The quantitative estimate of drug-likeness (QED) is 0.701. The van der Waals surface area contributed by atoms with Crippen LogP contribution in [0.15, 0.2) is 18.2 Å². The number of hydrogen-bond donors (Lipinski definition) is 0. The summed E-state index contributed by atoms with van der Waals surface area (Å²) >= 11 is 6.24. The first-order chi connectivity index (χ1) is 10.3. The summed E-state index contributed by atoms with van der Waals surface area (Å²) in [6.07, 6.45) is -3.96. The lowest BCUT2D eigenvalue weighted by atomic mass is 9.92. The van der Waals surface area contributed by atoms with Gasteiger partial charge in [-0.15, -0.1) is 11.6 Å². The molecule has 1 aliphatic rings. The maximum absolute atomic E-state index is 12.9. The first-order valence-electron chi connectivity index (χ1n) is 7.10. The minimum absolute atomic E-state index is 0.189. The summed E-state index contributed by atoms with van der Waals surface area (Å²) in [5, 5.41) is -0.562. The number of carbonyl (C=O) groups is 1. The molecular weight excluding hydrogens is 319 g/mol. The molecule has 1 aromatic carbocycles. The minimum atomic E-state index is -4.44. The monoisotopic (exact) mass is 335 g/mol. The number of hydrogen-bond acceptors (Lipinski definition) is 2. The van der Waals surface area contributed by atoms with Gasteiger partial charge in [-0.05, 0) is 43.5 Å². The zero-order chi connectivity index (χ0) is 16.5. The van der Waals surface area contributed by atoms with Crippen molar-refractivity contribution in [3.8, 4) is 0 Å². The third kappa shape index (κ3) is 3.16. The van der Waals surface area contributed by atoms with E-state index in [4.69, 9.17) is 16.3 Å². The largest absolute Gasteiger partial charge is 0.449 e. The van der Waals surface area contributed by atoms with E-state index in [1.54, 1.807) is 6.92 Å². The predicted molar refractivity (Wildman–Crippen MR) is 78.2 cm³/mol. The summed E-state index contributed by atoms with van der Waals surface area (Å²) in [4.78, 5) is 13.6. The highest BCUT2D eigenvalue weighted by atomic mass is 35.5. The first kappa shape index (κ1) is 16.9. The van der Waals surface area contributed by atoms with Crippen LogP contribution in [-0.4, -0.2) is 18.7 Å². The second kappa shape index (κ2) is 6.36. The Morgan fingerprint density at radius 1 is 1.41 bits per heavy atom. The van der Waals surface area contributed by atoms with E-state index in [-0.39, 0.29) is 12.6 Å². The standard InChI is InChI=1S/C15H17ClF3NO2/c1-3-10-8-12(16)11-7-9(15(17,18)19)5-6-13(11)20(10)14(21)22-4-2/h5-7,10,12H,3-4,8H2,1-2H3/t10-,12-/m1/s1. The molecule has 0 radical (unpaired) electrons. The van der Waals surface area contributed by atoms with Crippen LogP contribution in [0.4, 0.5) is 23.7 Å². The predicted octanol–water partition coefficient (Wildman–Crippen LogP) is 5.13. The minimum Gasteiger partial charge on any atom is -0.449 e. The average Bonchev–Trinajstić information content (AvgIpc) is 2.45. The summed E-state index contributed by atoms with van der Waals surface area (Å²) in [5.74, 6) is 0. The maximum Gasteiger partial charge on any atom is 0.416 e. The highest BCUT2D eigenvalue weighted by molar-refractivity contribution is 6.21. The molecule has 7 heteroatoms. The van der Waals surface area contributed by atoms with Gasteiger partial charge in [-0.2, -0.15) is 13.2 Å². The van der Waals surface area contributed by atoms with Gasteiger partial charge in [-0.3, -0.25) is 4.90 Å². The van der Waals surface area contributed by atoms with Gasteiger partial charge in [0, 0.05) is 6.04 Å². The number of fused-ring (bicyclic) bond motifs is 1. The van der Waals surface area contributed by atoms with Gasteiger partial charge in [0.15, 0.2) is 0 Å². The molecule has 0 aliphatic carbocycles. The summed E-state index contributed by atoms with van der Waals surface area (Å²) in [6, 6.07) is 3.09. The van der Waals surface area contributed by atoms with E-state index in [9.17, 15) is 18.0 Å². The van der Waals surface area contributed by atoms with Crippen LogP contribution in [0.3, 0.4) is 0 Å². The molecule has 0 N–H and O–H groups in total. The third-order valence-electron chi connectivity index (χ3n) is 3.73. The topological polar surface area (TPSA) is 29.5 Å². The van der Waals surface area contributed by atoms with Crippen molar-refractivity contribution in [1.29, 1.82) is 0 Å². The Morgan fingerprint density at radius 2 is 2.09 bits per heavy atom. The zero-order valence-corrected chi connectivity index (χ0v) is 13.0. The van der Waals surface area contributed by atoms with Crippen LogP contribution in [0, 0.1) is 0 Å². The Morgan fingerprint density at radius 3 is 2.64 bits per heavy atom. The van der Waals surface area contributed by atoms with Crippen molar-refractivity contribution in [3.63, 3.8) is 0 Å². The number of ether oxygens (including phenoxy) is 1. The van der Waals surface area contributed by atoms with E-state index in [0.717, 1.165) is 12.1 Å². The number of amides is 1. The molecule has 22 heavy (non-hydrogen) atoms. The normalized spacial score (nSPS) is 21.5. The van der Waals surface area contributed by atoms with Gasteiger partial charge < -0.3 is 4.74 Å². The van der Waals surface area contributed by atoms with E-state index in [0.29, 0.717) is 24.1 Å². The summed E-state index contributed by atoms with van der Waals surface area (Å²) in [6.45, 7) is 3.78. The SMILES string of the molecule is CCOC(=O)N1c2ccc(C(F)(F)F)cc2[C@H](Cl)C[C@H]1CC. The fraction of sp³-hybridized carbons (Fsp3) is 0.533. The molecule has 1 aliphatic heterocycles. The van der Waals surface area contributed by atoms with Crippen molar-refractivity contribution >= 4 is 23.4 Å². The van der Waals surface area contributed by atoms with E-state index in [2.05, 4.69) is 0 Å². The number of alkyl halides is 4. The third-order valence-corrected chi connectivity index (χ3v) is 4.15. The molecule has 0 saturated heterocycles. The molecule has 0 unspecified atom stereocenters. The molecule has 0 bridgehead atoms. The lowest BCUT2D eigenvalue weighted by molar-refractivity contribution is -0.137. The highest BCUT2D eigenvalue weighted by Crippen LogP contribution is 2.44. The Bertz CT molecular complexity index is 562. The molecule has 0 fully saturated rings. The van der Waals surface area contributed by atoms with Crippen LogP contribution in [-0.2, 0) is 10.9 Å². The van der Waals surface area contributed by atoms with Gasteiger partial charge >= 0.3 is 12.3 Å². The van der Waals surface area contributed by atoms with Crippen molar-refractivity contribution in [1.82, 2.24) is 0 Å². The molecule has 1 aromatic rings. The molecule has 122 valence electrons. The molecule has 0 aromatic heterocycles. The molecule has 0 spiro atoms. The van der Waals surface area contributed by atoms with Crippen LogP contribution < -0.4 is 4.90 Å². The second-order valence-corrected chi connectivity index (χ2v) is 5.63. The number of carbonyl (C=O) groups excluding carboxylic acids is 1. The molecule has 1 heterocycles. The second-order valence-electron chi connectivity index (χ2n) is 5.11. The van der Waals surface area contributed by atoms with Crippen LogP contribution in [0.2, 0.25) is 0 Å². The highest BCUT2D eigenvalue weighted by Gasteiger charge is 2.38. The fourth-order valence-corrected chi connectivity index (χ4v) is 3.04. The van der Waals surface area contributed by atoms with Gasteiger partial charge in [-0.1, -0.05) is 6.92 Å². The number of rotatable bonds is 2. The van der Waals surface area contributed by atoms with Gasteiger partial charge in [0.2, 0.25) is 0 Å². The first-order valence-corrected chi connectivity index (χ1v) is 7.54. The molecule has 2 rings (SSSR count). The molecule has 0 saturated carbocycles. The lowest BCUT2D eigenvalue weighted by Gasteiger charge is -2.38. The van der Waals surface area contributed by atoms with Crippen LogP contribution in [0.25, 0.3) is 0 Å². The van der Waals surface area contributed by atoms with E-state index >= 15 is 0 Å². The van der Waals surface area contributed by atoms with Crippen molar-refractivity contribution < 1.29 is 22.7 Å². The van der Waals surface area contributed by atoms with Crippen LogP contribution in [0.5, 0.6) is 0 Å². The lowest BCUT2D eigenvalue weighted by Crippen LogP contribution is -2.44. The van der Waals surface area contributed by atoms with Gasteiger partial charge in [0.05, 0.1) is 23.2 Å². The Balaban J connectivity index is 2.49. The molecule has 3 nitrogen and oxygen atoms in total. The summed E-state index contributed by atoms with van der Waals surface area (Å²) < 4.78 is 43.6. The van der Waals surface area contributed by atoms with Crippen molar-refractivity contribution in [2.75, 3.05) is 11.5 Å². The summed E-state index contributed by atoms with van der Waals surface area (Å²) in [7, 11) is 0. The Labute approximate surface area is 132 Å². The van der Waals surface area contributed by atoms with Crippen LogP contribution in [0.1, 0.15) is 43.2 Å². The summed E-state index contributed by atoms with van der Waals surface area (Å²) in [5.41, 5.74) is -0.0607. The van der Waals surface area contributed by atoms with E-state index in [1.807, 2.05) is 6.92 Å². The fourth-order valence-electron chi connectivity index (χ4n) is 2.66. The van der Waals surface area contributed by atoms with E-state index in [1.165, 1.54) is 11.0 Å². The van der Waals surface area contributed by atoms with Gasteiger partial charge in [0.25, 0.3) is 0 Å². The van der Waals surface area contributed by atoms with Crippen LogP contribution >= 0.6 is 11.6 Å². The van der Waals surface area contributed by atoms with Crippen molar-refractivity contribution in [2.24, 2.45) is 0 Å². The molecule has 2 atom stereocenters. The average molecular weight is 336 g/mol. The van der Waals surface area contributed by atoms with Crippen molar-refractivity contribution in [2.45, 2.75) is 44.3 Å². The van der Waals surface area contributed by atoms with Gasteiger partial charge in [0.1, 0.15) is 0 Å². The number of benzene rings is 1.